The number of benzene rings is 1. The summed E-state index contributed by atoms with van der Waals surface area (Å²) in [6, 6.07) is 7.36. The van der Waals surface area contributed by atoms with Gasteiger partial charge < -0.3 is 10.1 Å². The molecule has 1 amide bonds. The summed E-state index contributed by atoms with van der Waals surface area (Å²) in [5.41, 5.74) is 1.12. The molecular formula is C14H15Cl2N3O2. The Labute approximate surface area is 133 Å². The topological polar surface area (TPSA) is 64.1 Å². The maximum Gasteiger partial charge on any atom is 0.256 e. The highest BCUT2D eigenvalue weighted by Crippen LogP contribution is 2.15. The van der Waals surface area contributed by atoms with E-state index in [0.717, 1.165) is 11.3 Å². The predicted octanol–water partition coefficient (Wildman–Crippen LogP) is 3.36. The van der Waals surface area contributed by atoms with Gasteiger partial charge in [-0.3, -0.25) is 4.79 Å². The average molecular weight is 328 g/mol. The molecule has 0 unspecified atom stereocenters. The third kappa shape index (κ3) is 4.58. The third-order valence-electron chi connectivity index (χ3n) is 2.57. The van der Waals surface area contributed by atoms with Crippen molar-refractivity contribution >= 4 is 29.1 Å². The molecule has 0 spiro atoms. The molecule has 1 aromatic carbocycles. The minimum atomic E-state index is -0.359. The van der Waals surface area contributed by atoms with Gasteiger partial charge in [0.15, 0.2) is 0 Å². The smallest absolute Gasteiger partial charge is 0.256 e. The first-order valence-electron chi connectivity index (χ1n) is 5.69. The van der Waals surface area contributed by atoms with Gasteiger partial charge in [-0.05, 0) is 29.3 Å². The minimum absolute atomic E-state index is 0. The summed E-state index contributed by atoms with van der Waals surface area (Å²) in [6.45, 7) is 0.363. The predicted molar refractivity (Wildman–Crippen MR) is 82.9 cm³/mol. The van der Waals surface area contributed by atoms with E-state index in [9.17, 15) is 4.79 Å². The summed E-state index contributed by atoms with van der Waals surface area (Å²) < 4.78 is 5.06. The van der Waals surface area contributed by atoms with Crippen molar-refractivity contribution < 1.29 is 9.53 Å². The summed E-state index contributed by atoms with van der Waals surface area (Å²) in [5.74, 6) is 0.400. The lowest BCUT2D eigenvalue weighted by atomic mass is 10.2. The lowest BCUT2D eigenvalue weighted by molar-refractivity contribution is 0.0950. The number of methoxy groups -OCH3 is 1. The molecule has 1 aromatic heterocycles. The van der Waals surface area contributed by atoms with Crippen molar-refractivity contribution in [1.29, 1.82) is 0 Å². The molecule has 0 aliphatic heterocycles. The van der Waals surface area contributed by atoms with Crippen molar-refractivity contribution in [3.8, 4) is 5.75 Å². The van der Waals surface area contributed by atoms with Gasteiger partial charge in [-0.25, -0.2) is 9.97 Å². The molecule has 0 radical (unpaired) electrons. The number of halogens is 2. The van der Waals surface area contributed by atoms with Gasteiger partial charge in [0, 0.05) is 12.7 Å². The molecule has 21 heavy (non-hydrogen) atoms. The quantitative estimate of drug-likeness (QED) is 0.690. The average Bonchev–Trinajstić information content (AvgIpc) is 2.45. The van der Waals surface area contributed by atoms with E-state index in [4.69, 9.17) is 27.9 Å². The van der Waals surface area contributed by atoms with E-state index >= 15 is 0 Å². The maximum absolute atomic E-state index is 11.9. The van der Waals surface area contributed by atoms with Crippen LogP contribution in [0.5, 0.6) is 5.75 Å². The zero-order valence-corrected chi connectivity index (χ0v) is 12.1. The largest absolute Gasteiger partial charge is 0.497 e. The van der Waals surface area contributed by atoms with Gasteiger partial charge in [-0.2, -0.15) is 0 Å². The van der Waals surface area contributed by atoms with Crippen LogP contribution in [-0.2, 0) is 6.54 Å². The first kappa shape index (κ1) is 17.2. The molecule has 5 nitrogen and oxygen atoms in total. The van der Waals surface area contributed by atoms with Crippen molar-refractivity contribution in [2.24, 2.45) is 0 Å². The molecule has 0 aliphatic carbocycles. The number of carbonyl (C=O) groups excluding carboxylic acids is 1. The molecule has 0 aliphatic rings. The van der Waals surface area contributed by atoms with E-state index in [1.807, 2.05) is 24.3 Å². The molecule has 1 N–H and O–H groups in total. The number of rotatable bonds is 4. The third-order valence-corrected chi connectivity index (χ3v) is 3.04. The van der Waals surface area contributed by atoms with Crippen LogP contribution in [0, 0.1) is 0 Å². The van der Waals surface area contributed by atoms with Gasteiger partial charge in [0.1, 0.15) is 10.9 Å². The van der Waals surface area contributed by atoms with Gasteiger partial charge in [0.25, 0.3) is 5.91 Å². The Balaban J connectivity index is 0.00000220. The molecular weight excluding hydrogens is 313 g/mol. The second-order valence-corrected chi connectivity index (χ2v) is 4.57. The molecule has 0 saturated heterocycles. The molecule has 2 aromatic rings. The first-order valence-corrected chi connectivity index (χ1v) is 6.45. The fourth-order valence-corrected chi connectivity index (χ4v) is 1.91. The summed E-state index contributed by atoms with van der Waals surface area (Å²) >= 11 is 11.4. The number of hydrogen-bond acceptors (Lipinski definition) is 4. The SMILES string of the molecule is C.COc1ccc(CNC(=O)c2cnc(Cl)nc2Cl)cc1. The molecule has 0 atom stereocenters. The zero-order chi connectivity index (χ0) is 14.5. The van der Waals surface area contributed by atoms with Crippen LogP contribution in [0.4, 0.5) is 0 Å². The van der Waals surface area contributed by atoms with Crippen LogP contribution >= 0.6 is 23.2 Å². The number of aromatic nitrogens is 2. The normalized spacial score (nSPS) is 9.67. The van der Waals surface area contributed by atoms with Crippen LogP contribution in [0.25, 0.3) is 0 Å². The highest BCUT2D eigenvalue weighted by molar-refractivity contribution is 6.34. The van der Waals surface area contributed by atoms with Crippen LogP contribution in [0.1, 0.15) is 23.3 Å². The second-order valence-electron chi connectivity index (χ2n) is 3.87. The number of ether oxygens (including phenoxy) is 1. The fourth-order valence-electron chi connectivity index (χ4n) is 1.51. The van der Waals surface area contributed by atoms with E-state index in [2.05, 4.69) is 15.3 Å². The number of carbonyl (C=O) groups is 1. The Kier molecular flexibility index (Phi) is 6.39. The van der Waals surface area contributed by atoms with Gasteiger partial charge in [-0.15, -0.1) is 0 Å². The van der Waals surface area contributed by atoms with Crippen molar-refractivity contribution in [2.45, 2.75) is 14.0 Å². The van der Waals surface area contributed by atoms with Crippen molar-refractivity contribution in [3.63, 3.8) is 0 Å². The molecule has 7 heteroatoms. The summed E-state index contributed by atoms with van der Waals surface area (Å²) in [5, 5.41) is 2.75. The zero-order valence-electron chi connectivity index (χ0n) is 10.6. The highest BCUT2D eigenvalue weighted by Gasteiger charge is 2.12. The minimum Gasteiger partial charge on any atom is -0.497 e. The van der Waals surface area contributed by atoms with Crippen molar-refractivity contribution in [3.05, 3.63) is 52.0 Å². The van der Waals surface area contributed by atoms with Crippen LogP contribution in [0.15, 0.2) is 30.5 Å². The molecule has 0 bridgehead atoms. The first-order chi connectivity index (χ1) is 9.60. The van der Waals surface area contributed by atoms with E-state index in [1.165, 1.54) is 6.20 Å². The Bertz CT molecular complexity index is 618. The Hall–Kier alpha value is -1.85. The highest BCUT2D eigenvalue weighted by atomic mass is 35.5. The monoisotopic (exact) mass is 327 g/mol. The second kappa shape index (κ2) is 7.81. The van der Waals surface area contributed by atoms with Gasteiger partial charge in [0.05, 0.1) is 12.7 Å². The number of nitrogens with zero attached hydrogens (tertiary/aromatic N) is 2. The summed E-state index contributed by atoms with van der Waals surface area (Å²) in [4.78, 5) is 19.4. The Morgan fingerprint density at radius 3 is 2.52 bits per heavy atom. The van der Waals surface area contributed by atoms with Crippen molar-refractivity contribution in [1.82, 2.24) is 15.3 Å². The van der Waals surface area contributed by atoms with Crippen molar-refractivity contribution in [2.75, 3.05) is 7.11 Å². The van der Waals surface area contributed by atoms with E-state index < -0.39 is 0 Å². The lowest BCUT2D eigenvalue weighted by Crippen LogP contribution is -2.23. The van der Waals surface area contributed by atoms with E-state index in [1.54, 1.807) is 7.11 Å². The number of amides is 1. The standard InChI is InChI=1S/C13H11Cl2N3O2.CH4/c1-20-9-4-2-8(3-5-9)6-16-12(19)10-7-17-13(15)18-11(10)14;/h2-5,7H,6H2,1H3,(H,16,19);1H4. The van der Waals surface area contributed by atoms with E-state index in [-0.39, 0.29) is 29.3 Å². The fraction of sp³-hybridized carbons (Fsp3) is 0.214. The van der Waals surface area contributed by atoms with E-state index in [0.29, 0.717) is 6.54 Å². The lowest BCUT2D eigenvalue weighted by Gasteiger charge is -2.07. The van der Waals surface area contributed by atoms with Crippen LogP contribution in [-0.4, -0.2) is 23.0 Å². The number of hydrogen-bond donors (Lipinski definition) is 1. The van der Waals surface area contributed by atoms with Gasteiger partial charge in [0.2, 0.25) is 5.28 Å². The Morgan fingerprint density at radius 1 is 1.29 bits per heavy atom. The molecule has 112 valence electrons. The number of nitrogens with one attached hydrogen (secondary N) is 1. The molecule has 0 fully saturated rings. The summed E-state index contributed by atoms with van der Waals surface area (Å²) in [7, 11) is 1.60. The van der Waals surface area contributed by atoms with Crippen LogP contribution < -0.4 is 10.1 Å². The molecule has 1 heterocycles. The van der Waals surface area contributed by atoms with Gasteiger partial charge in [-0.1, -0.05) is 31.2 Å². The van der Waals surface area contributed by atoms with Crippen LogP contribution in [0.2, 0.25) is 10.4 Å². The van der Waals surface area contributed by atoms with Gasteiger partial charge >= 0.3 is 0 Å². The summed E-state index contributed by atoms with van der Waals surface area (Å²) in [6.07, 6.45) is 1.29. The molecule has 0 saturated carbocycles. The maximum atomic E-state index is 11.9. The molecule has 2 rings (SSSR count). The Morgan fingerprint density at radius 2 is 1.95 bits per heavy atom. The van der Waals surface area contributed by atoms with Crippen LogP contribution in [0.3, 0.4) is 0 Å².